The summed E-state index contributed by atoms with van der Waals surface area (Å²) in [5, 5.41) is 19.9. The van der Waals surface area contributed by atoms with Crippen LogP contribution in [0.4, 0.5) is 4.79 Å². The van der Waals surface area contributed by atoms with Crippen molar-refractivity contribution < 1.29 is 33.8 Å². The van der Waals surface area contributed by atoms with Crippen LogP contribution in [0.25, 0.3) is 33.3 Å². The van der Waals surface area contributed by atoms with Crippen LogP contribution in [0.5, 0.6) is 5.75 Å². The lowest BCUT2D eigenvalue weighted by molar-refractivity contribution is -0.155. The number of pyridine rings is 1. The van der Waals surface area contributed by atoms with E-state index in [0.717, 1.165) is 44.5 Å². The number of ether oxygens (including phenoxy) is 1. The number of aryl methyl sites for hydroxylation is 1. The molecule has 5 amide bonds. The Kier molecular flexibility index (Phi) is 12.8. The summed E-state index contributed by atoms with van der Waals surface area (Å²) >= 11 is 0. The third kappa shape index (κ3) is 8.92. The number of likely N-dealkylation sites (tertiary alicyclic amines) is 2. The number of phenolic OH excluding ortho intramolecular Hbond substituents is 1. The van der Waals surface area contributed by atoms with Gasteiger partial charge in [0.1, 0.15) is 23.9 Å². The van der Waals surface area contributed by atoms with Gasteiger partial charge >= 0.3 is 12.0 Å². The van der Waals surface area contributed by atoms with E-state index in [2.05, 4.69) is 73.4 Å². The zero-order valence-electron chi connectivity index (χ0n) is 40.7. The highest BCUT2D eigenvalue weighted by molar-refractivity contribution is 5.96. The number of cyclic esters (lactones) is 1. The molecule has 0 radical (unpaired) electrons. The van der Waals surface area contributed by atoms with E-state index in [0.29, 0.717) is 57.4 Å². The standard InChI is InChI=1S/C52H67N9O7/c1-9-58-41-15-14-32-24-36(41)37(46(58)35-12-10-17-53-44(35)29(2)3)25-52(6,7)28-68-50(66)38-13-11-18-61(56-38)49(65)39(22-31-20-33(32)23-34(62)21-31)55-47(63)45(30(4)5)57(8)51(67)60-27-43-42(60)16-19-59(43)48(64)40-26-54-40/h10,12,14-15,17,20-21,23-24,29-30,38-40,42-43,45,54,56,62H,9,11,13,16,18-19,22,25-28H2,1-8H3,(H,55,63)/t38-,39-,40+,42+,43+,45-/m0/s1. The first kappa shape index (κ1) is 47.1. The van der Waals surface area contributed by atoms with Crippen LogP contribution in [0, 0.1) is 11.3 Å². The third-order valence-corrected chi connectivity index (χ3v) is 14.6. The first-order chi connectivity index (χ1) is 32.4. The van der Waals surface area contributed by atoms with Crippen LogP contribution in [0.15, 0.2) is 54.7 Å². The van der Waals surface area contributed by atoms with E-state index in [1.54, 1.807) is 24.1 Å². The zero-order valence-corrected chi connectivity index (χ0v) is 40.7. The molecule has 362 valence electrons. The van der Waals surface area contributed by atoms with Crippen molar-refractivity contribution in [2.24, 2.45) is 11.3 Å². The number of amides is 5. The summed E-state index contributed by atoms with van der Waals surface area (Å²) in [6.07, 6.45) is 4.08. The molecule has 4 aromatic rings. The zero-order chi connectivity index (χ0) is 48.3. The third-order valence-electron chi connectivity index (χ3n) is 14.6. The van der Waals surface area contributed by atoms with Gasteiger partial charge in [-0.3, -0.25) is 29.2 Å². The predicted octanol–water partition coefficient (Wildman–Crippen LogP) is 5.20. The molecule has 4 fully saturated rings. The quantitative estimate of drug-likeness (QED) is 0.135. The minimum Gasteiger partial charge on any atom is -0.508 e. The van der Waals surface area contributed by atoms with Crippen LogP contribution in [0.3, 0.4) is 0 Å². The maximum absolute atomic E-state index is 14.8. The highest BCUT2D eigenvalue weighted by atomic mass is 16.5. The molecule has 7 heterocycles. The topological polar surface area (TPSA) is 192 Å². The number of hydrogen-bond acceptors (Lipinski definition) is 10. The number of hydrazine groups is 1. The molecule has 4 N–H and O–H groups in total. The summed E-state index contributed by atoms with van der Waals surface area (Å²) in [4.78, 5) is 80.4. The first-order valence-corrected chi connectivity index (χ1v) is 24.5. The minimum absolute atomic E-state index is 0.00681. The maximum Gasteiger partial charge on any atom is 0.324 e. The molecule has 6 atom stereocenters. The molecule has 0 aliphatic carbocycles. The summed E-state index contributed by atoms with van der Waals surface area (Å²) < 4.78 is 8.47. The Morgan fingerprint density at radius 2 is 1.78 bits per heavy atom. The van der Waals surface area contributed by atoms with Gasteiger partial charge in [-0.2, -0.15) is 0 Å². The fraction of sp³-hybridized carbons (Fsp3) is 0.538. The number of nitrogens with zero attached hydrogens (tertiary/aromatic N) is 6. The van der Waals surface area contributed by atoms with Crippen molar-refractivity contribution >= 4 is 40.6 Å². The molecule has 5 aliphatic rings. The van der Waals surface area contributed by atoms with Crippen molar-refractivity contribution in [1.29, 1.82) is 0 Å². The van der Waals surface area contributed by atoms with Gasteiger partial charge in [0.15, 0.2) is 0 Å². The Labute approximate surface area is 398 Å². The summed E-state index contributed by atoms with van der Waals surface area (Å²) in [6.45, 7) is 17.1. The van der Waals surface area contributed by atoms with E-state index in [1.165, 1.54) is 9.91 Å². The summed E-state index contributed by atoms with van der Waals surface area (Å²) in [7, 11) is 1.61. The van der Waals surface area contributed by atoms with Gasteiger partial charge in [-0.15, -0.1) is 0 Å². The Morgan fingerprint density at radius 1 is 1.00 bits per heavy atom. The van der Waals surface area contributed by atoms with Crippen molar-refractivity contribution in [2.45, 2.75) is 129 Å². The van der Waals surface area contributed by atoms with Gasteiger partial charge < -0.3 is 39.7 Å². The van der Waals surface area contributed by atoms with Crippen molar-refractivity contribution in [3.05, 3.63) is 71.5 Å². The number of benzene rings is 2. The number of phenols is 1. The maximum atomic E-state index is 14.8. The van der Waals surface area contributed by atoms with E-state index >= 15 is 0 Å². The predicted molar refractivity (Wildman–Crippen MR) is 258 cm³/mol. The first-order valence-electron chi connectivity index (χ1n) is 24.5. The molecule has 0 spiro atoms. The Bertz CT molecular complexity index is 2640. The van der Waals surface area contributed by atoms with Crippen LogP contribution in [0.2, 0.25) is 0 Å². The van der Waals surface area contributed by atoms with E-state index in [1.807, 2.05) is 43.1 Å². The number of hydrogen-bond donors (Lipinski definition) is 4. The average Bonchev–Trinajstić information content (AvgIpc) is 4.04. The van der Waals surface area contributed by atoms with Crippen LogP contribution < -0.4 is 16.1 Å². The Hall–Kier alpha value is -6.00. The Balaban J connectivity index is 1.07. The second kappa shape index (κ2) is 18.5. The molecule has 16 nitrogen and oxygen atoms in total. The number of esters is 1. The lowest BCUT2D eigenvalue weighted by Gasteiger charge is -2.48. The summed E-state index contributed by atoms with van der Waals surface area (Å²) in [6, 6.07) is 12.2. The largest absolute Gasteiger partial charge is 0.508 e. The molecule has 9 rings (SSSR count). The SMILES string of the molecule is CCn1c(-c2cccnc2C(C)C)c2c3cc(ccc31)-c1cc(O)cc(c1)C[C@H](NC(=O)[C@H](C(C)C)N(C)C(=O)N1C[C@@H]3[C@H]1CCN3C(=O)[C@H]1CN1)C(=O)N1CCC[C@H](N1)C(=O)OCC(C)(C)C2. The molecule has 16 heteroatoms. The van der Waals surface area contributed by atoms with E-state index < -0.39 is 41.3 Å². The average molecular weight is 930 g/mol. The second-order valence-corrected chi connectivity index (χ2v) is 21.0. The summed E-state index contributed by atoms with van der Waals surface area (Å²) in [5.74, 6) is -1.51. The van der Waals surface area contributed by atoms with Crippen molar-refractivity contribution in [1.82, 2.24) is 45.3 Å². The summed E-state index contributed by atoms with van der Waals surface area (Å²) in [5.41, 5.74) is 10.1. The second-order valence-electron chi connectivity index (χ2n) is 21.0. The highest BCUT2D eigenvalue weighted by Crippen LogP contribution is 2.42. The van der Waals surface area contributed by atoms with Crippen molar-refractivity contribution in [3.8, 4) is 28.1 Å². The van der Waals surface area contributed by atoms with Gasteiger partial charge in [-0.25, -0.2) is 10.2 Å². The molecule has 2 aromatic heterocycles. The molecular formula is C52H67N9O7. The number of nitrogens with one attached hydrogen (secondary N) is 3. The number of carbonyl (C=O) groups excluding carboxylic acids is 5. The molecular weight excluding hydrogens is 863 g/mol. The van der Waals surface area contributed by atoms with Gasteiger partial charge in [0.05, 0.1) is 36.1 Å². The van der Waals surface area contributed by atoms with Gasteiger partial charge in [0, 0.05) is 74.3 Å². The smallest absolute Gasteiger partial charge is 0.324 e. The lowest BCUT2D eigenvalue weighted by Crippen LogP contribution is -2.68. The molecule has 68 heavy (non-hydrogen) atoms. The molecule has 5 aliphatic heterocycles. The molecule has 0 unspecified atom stereocenters. The van der Waals surface area contributed by atoms with Crippen LogP contribution in [-0.4, -0.2) is 140 Å². The van der Waals surface area contributed by atoms with Crippen LogP contribution >= 0.6 is 0 Å². The highest BCUT2D eigenvalue weighted by Gasteiger charge is 2.53. The van der Waals surface area contributed by atoms with Crippen LogP contribution in [0.1, 0.15) is 90.5 Å². The number of aromatic nitrogens is 2. The van der Waals surface area contributed by atoms with Crippen molar-refractivity contribution in [2.75, 3.05) is 39.8 Å². The van der Waals surface area contributed by atoms with Crippen LogP contribution in [-0.2, 0) is 43.3 Å². The number of carbonyl (C=O) groups is 5. The fourth-order valence-corrected chi connectivity index (χ4v) is 11.1. The number of urea groups is 1. The van der Waals surface area contributed by atoms with Gasteiger partial charge in [0.25, 0.3) is 5.91 Å². The minimum atomic E-state index is -1.15. The molecule has 4 saturated heterocycles. The monoisotopic (exact) mass is 930 g/mol. The number of fused-ring (bicyclic) bond motifs is 7. The lowest BCUT2D eigenvalue weighted by atomic mass is 9.83. The Morgan fingerprint density at radius 3 is 2.50 bits per heavy atom. The van der Waals surface area contributed by atoms with E-state index in [9.17, 15) is 29.1 Å². The number of aromatic hydroxyl groups is 1. The van der Waals surface area contributed by atoms with Gasteiger partial charge in [0.2, 0.25) is 11.8 Å². The molecule has 6 bridgehead atoms. The van der Waals surface area contributed by atoms with Gasteiger partial charge in [-0.05, 0) is 103 Å². The van der Waals surface area contributed by atoms with E-state index in [-0.39, 0.29) is 67.2 Å². The van der Waals surface area contributed by atoms with Gasteiger partial charge in [-0.1, -0.05) is 53.7 Å². The fourth-order valence-electron chi connectivity index (χ4n) is 11.1. The molecule has 0 saturated carbocycles. The normalized spacial score (nSPS) is 24.0. The number of rotatable bonds is 8. The number of likely N-dealkylation sites (N-methyl/N-ethyl adjacent to an activating group) is 1. The molecule has 2 aromatic carbocycles. The van der Waals surface area contributed by atoms with E-state index in [4.69, 9.17) is 9.72 Å². The van der Waals surface area contributed by atoms with Crippen molar-refractivity contribution in [3.63, 3.8) is 0 Å².